The van der Waals surface area contributed by atoms with Crippen molar-refractivity contribution in [1.82, 2.24) is 10.9 Å². The maximum absolute atomic E-state index is 10.9. The zero-order valence-corrected chi connectivity index (χ0v) is 12.0. The van der Waals surface area contributed by atoms with Crippen molar-refractivity contribution in [3.63, 3.8) is 0 Å². The summed E-state index contributed by atoms with van der Waals surface area (Å²) in [7, 11) is 0. The van der Waals surface area contributed by atoms with E-state index in [1.807, 2.05) is 5.48 Å². The highest BCUT2D eigenvalue weighted by Crippen LogP contribution is 2.30. The predicted molar refractivity (Wildman–Crippen MR) is 76.5 cm³/mol. The van der Waals surface area contributed by atoms with Gasteiger partial charge in [-0.2, -0.15) is 10.6 Å². The van der Waals surface area contributed by atoms with Gasteiger partial charge in [-0.15, -0.1) is 0 Å². The largest absolute Gasteiger partial charge is 0.341 e. The van der Waals surface area contributed by atoms with E-state index >= 15 is 0 Å². The molecule has 0 aliphatic carbocycles. The number of hydrogen-bond donors (Lipinski definition) is 3. The van der Waals surface area contributed by atoms with Crippen molar-refractivity contribution in [3.05, 3.63) is 37.9 Å². The second kappa shape index (κ2) is 7.41. The molecular formula is C10H9Cl2N5O4. The minimum absolute atomic E-state index is 0.0466. The number of hydrazone groups is 1. The van der Waals surface area contributed by atoms with Gasteiger partial charge in [0.15, 0.2) is 0 Å². The third-order valence-corrected chi connectivity index (χ3v) is 2.42. The molecule has 0 bridgehead atoms. The Labute approximate surface area is 128 Å². The van der Waals surface area contributed by atoms with Crippen LogP contribution in [-0.4, -0.2) is 23.1 Å². The van der Waals surface area contributed by atoms with Crippen molar-refractivity contribution in [2.45, 2.75) is 6.92 Å². The number of halogens is 2. The molecule has 0 atom stereocenters. The number of benzene rings is 1. The van der Waals surface area contributed by atoms with Crippen molar-refractivity contribution in [2.24, 2.45) is 5.10 Å². The van der Waals surface area contributed by atoms with Crippen LogP contribution in [0.25, 0.3) is 0 Å². The highest BCUT2D eigenvalue weighted by Gasteiger charge is 2.18. The zero-order chi connectivity index (χ0) is 16.0. The summed E-state index contributed by atoms with van der Waals surface area (Å²) < 4.78 is 0. The Morgan fingerprint density at radius 1 is 1.52 bits per heavy atom. The van der Waals surface area contributed by atoms with Crippen molar-refractivity contribution in [2.75, 3.05) is 0 Å². The summed E-state index contributed by atoms with van der Waals surface area (Å²) in [5, 5.41) is 21.8. The average molecular weight is 334 g/mol. The standard InChI is InChI=1S/C10H9Cl2N5O4/c1-5(18)21-16-10(13)15-14-4-6-2-7(11)3-8(12)9(6)17(19)20/h2-4H,1H3,(H3,13,15,16). The first-order valence-electron chi connectivity index (χ1n) is 5.25. The number of nitrogens with one attached hydrogen (secondary N) is 3. The van der Waals surface area contributed by atoms with E-state index in [1.165, 1.54) is 12.1 Å². The first-order valence-corrected chi connectivity index (χ1v) is 6.01. The highest BCUT2D eigenvalue weighted by atomic mass is 35.5. The summed E-state index contributed by atoms with van der Waals surface area (Å²) in [5.41, 5.74) is 3.78. The summed E-state index contributed by atoms with van der Waals surface area (Å²) in [6, 6.07) is 2.52. The fourth-order valence-corrected chi connectivity index (χ4v) is 1.77. The molecule has 1 rings (SSSR count). The minimum Gasteiger partial charge on any atom is -0.341 e. The molecule has 0 aliphatic rings. The lowest BCUT2D eigenvalue weighted by Gasteiger charge is -2.05. The van der Waals surface area contributed by atoms with E-state index < -0.39 is 16.9 Å². The van der Waals surface area contributed by atoms with Crippen LogP contribution >= 0.6 is 23.2 Å². The van der Waals surface area contributed by atoms with Crippen molar-refractivity contribution in [3.8, 4) is 0 Å². The van der Waals surface area contributed by atoms with Crippen LogP contribution in [0.2, 0.25) is 10.0 Å². The lowest BCUT2D eigenvalue weighted by Crippen LogP contribution is -2.34. The summed E-state index contributed by atoms with van der Waals surface area (Å²) in [6.07, 6.45) is 1.06. The molecule has 0 spiro atoms. The Hall–Kier alpha value is -2.39. The van der Waals surface area contributed by atoms with Gasteiger partial charge in [-0.1, -0.05) is 23.2 Å². The third-order valence-electron chi connectivity index (χ3n) is 1.92. The van der Waals surface area contributed by atoms with Crippen molar-refractivity contribution < 1.29 is 14.6 Å². The molecule has 0 aromatic heterocycles. The number of rotatable bonds is 3. The normalized spacial score (nSPS) is 10.2. The monoisotopic (exact) mass is 333 g/mol. The number of nitro groups is 1. The molecule has 0 radical (unpaired) electrons. The van der Waals surface area contributed by atoms with Gasteiger partial charge in [0.1, 0.15) is 5.02 Å². The number of hydrogen-bond acceptors (Lipinski definition) is 6. The van der Waals surface area contributed by atoms with Gasteiger partial charge in [-0.25, -0.2) is 5.43 Å². The summed E-state index contributed by atoms with van der Waals surface area (Å²) in [6.45, 7) is 1.14. The smallest absolute Gasteiger partial charge is 0.329 e. The molecule has 0 aliphatic heterocycles. The number of carbonyl (C=O) groups excluding carboxylic acids is 1. The summed E-state index contributed by atoms with van der Waals surface area (Å²) in [5.74, 6) is -1.10. The predicted octanol–water partition coefficient (Wildman–Crippen LogP) is 1.83. The quantitative estimate of drug-likeness (QED) is 0.335. The SMILES string of the molecule is CC(=O)ONC(=N)NN=Cc1cc(Cl)cc(Cl)c1[N+](=O)[O-]. The number of carbonyl (C=O) groups is 1. The van der Waals surface area contributed by atoms with Crippen LogP contribution in [-0.2, 0) is 9.63 Å². The molecule has 1 aromatic rings. The van der Waals surface area contributed by atoms with Crippen molar-refractivity contribution in [1.29, 1.82) is 5.41 Å². The molecular weight excluding hydrogens is 325 g/mol. The average Bonchev–Trinajstić information content (AvgIpc) is 2.34. The molecule has 9 nitrogen and oxygen atoms in total. The van der Waals surface area contributed by atoms with Gasteiger partial charge in [-0.05, 0) is 12.1 Å². The van der Waals surface area contributed by atoms with Crippen LogP contribution in [0.3, 0.4) is 0 Å². The molecule has 0 fully saturated rings. The Kier molecular flexibility index (Phi) is 5.88. The van der Waals surface area contributed by atoms with E-state index in [9.17, 15) is 14.9 Å². The van der Waals surface area contributed by atoms with Crippen LogP contribution in [0, 0.1) is 15.5 Å². The van der Waals surface area contributed by atoms with Gasteiger partial charge in [0.05, 0.1) is 16.7 Å². The van der Waals surface area contributed by atoms with Gasteiger partial charge < -0.3 is 4.84 Å². The van der Waals surface area contributed by atoms with Gasteiger partial charge >= 0.3 is 5.97 Å². The van der Waals surface area contributed by atoms with Crippen molar-refractivity contribution >= 4 is 47.0 Å². The van der Waals surface area contributed by atoms with E-state index in [4.69, 9.17) is 28.6 Å². The van der Waals surface area contributed by atoms with Gasteiger partial charge in [0, 0.05) is 11.9 Å². The maximum atomic E-state index is 10.9. The van der Waals surface area contributed by atoms with E-state index in [0.29, 0.717) is 0 Å². The number of hydroxylamine groups is 1. The molecule has 21 heavy (non-hydrogen) atoms. The minimum atomic E-state index is -0.678. The van der Waals surface area contributed by atoms with Crippen LogP contribution in [0.15, 0.2) is 17.2 Å². The first kappa shape index (κ1) is 16.7. The number of guanidine groups is 1. The van der Waals surface area contributed by atoms with E-state index in [2.05, 4.69) is 15.4 Å². The Morgan fingerprint density at radius 3 is 2.76 bits per heavy atom. The molecule has 11 heteroatoms. The molecule has 112 valence electrons. The van der Waals surface area contributed by atoms with Crippen LogP contribution in [0.4, 0.5) is 5.69 Å². The lowest BCUT2D eigenvalue weighted by molar-refractivity contribution is -0.384. The van der Waals surface area contributed by atoms with E-state index in [1.54, 1.807) is 0 Å². The molecule has 3 N–H and O–H groups in total. The second-order valence-electron chi connectivity index (χ2n) is 3.52. The summed E-state index contributed by atoms with van der Waals surface area (Å²) >= 11 is 11.5. The Morgan fingerprint density at radius 2 is 2.19 bits per heavy atom. The maximum Gasteiger partial charge on any atom is 0.329 e. The Bertz CT molecular complexity index is 620. The fourth-order valence-electron chi connectivity index (χ4n) is 1.19. The number of nitrogens with zero attached hydrogens (tertiary/aromatic N) is 2. The lowest BCUT2D eigenvalue weighted by atomic mass is 10.2. The van der Waals surface area contributed by atoms with Crippen LogP contribution in [0.1, 0.15) is 12.5 Å². The molecule has 0 amide bonds. The molecule has 0 saturated carbocycles. The summed E-state index contributed by atoms with van der Waals surface area (Å²) in [4.78, 5) is 25.0. The van der Waals surface area contributed by atoms with Crippen LogP contribution in [0.5, 0.6) is 0 Å². The third kappa shape index (κ3) is 5.24. The van der Waals surface area contributed by atoms with Crippen LogP contribution < -0.4 is 10.9 Å². The van der Waals surface area contributed by atoms with Gasteiger partial charge in [0.25, 0.3) is 5.69 Å². The molecule has 0 saturated heterocycles. The highest BCUT2D eigenvalue weighted by molar-refractivity contribution is 6.36. The number of nitro benzene ring substituents is 1. The first-order chi connectivity index (χ1) is 9.81. The van der Waals surface area contributed by atoms with E-state index in [-0.39, 0.29) is 21.3 Å². The van der Waals surface area contributed by atoms with Gasteiger partial charge in [-0.3, -0.25) is 20.3 Å². The fraction of sp³-hybridized carbons (Fsp3) is 0.100. The Balaban J connectivity index is 2.83. The molecule has 0 unspecified atom stereocenters. The van der Waals surface area contributed by atoms with E-state index in [0.717, 1.165) is 13.1 Å². The van der Waals surface area contributed by atoms with Gasteiger partial charge in [0.2, 0.25) is 5.96 Å². The zero-order valence-electron chi connectivity index (χ0n) is 10.5. The molecule has 1 aromatic carbocycles. The second-order valence-corrected chi connectivity index (χ2v) is 4.37. The topological polar surface area (TPSA) is 130 Å². The molecule has 0 heterocycles.